The maximum Gasteiger partial charge on any atom is 0.339 e. The fraction of sp³-hybridized carbons (Fsp3) is 0.256. The zero-order valence-electron chi connectivity index (χ0n) is 26.9. The van der Waals surface area contributed by atoms with Crippen molar-refractivity contribution in [3.05, 3.63) is 153 Å². The molecule has 4 aromatic rings. The molecule has 0 unspecified atom stereocenters. The number of hydrogen-bond donors (Lipinski definition) is 2. The minimum Gasteiger partial charge on any atom is -0.455 e. The quantitative estimate of drug-likeness (QED) is 0.163. The maximum absolute atomic E-state index is 14.3. The Morgan fingerprint density at radius 3 is 2.10 bits per heavy atom. The van der Waals surface area contributed by atoms with Crippen LogP contribution < -0.4 is 5.32 Å². The van der Waals surface area contributed by atoms with Gasteiger partial charge in [-0.15, -0.1) is 0 Å². The summed E-state index contributed by atoms with van der Waals surface area (Å²) in [5, 5.41) is 12.1. The first-order valence-electron chi connectivity index (χ1n) is 16.1. The fourth-order valence-corrected chi connectivity index (χ4v) is 6.93. The van der Waals surface area contributed by atoms with Crippen LogP contribution in [-0.4, -0.2) is 72.3 Å². The van der Waals surface area contributed by atoms with Crippen LogP contribution in [0.5, 0.6) is 0 Å². The molecule has 1 aliphatic heterocycles. The number of likely N-dealkylation sites (N-methyl/N-ethyl adjacent to an activating group) is 1. The molecule has 1 heterocycles. The highest BCUT2D eigenvalue weighted by Gasteiger charge is 2.55. The number of esters is 1. The lowest BCUT2D eigenvalue weighted by molar-refractivity contribution is -0.157. The van der Waals surface area contributed by atoms with Crippen molar-refractivity contribution in [2.45, 2.75) is 43.0 Å². The van der Waals surface area contributed by atoms with E-state index in [4.69, 9.17) is 14.2 Å². The highest BCUT2D eigenvalue weighted by Crippen LogP contribution is 2.47. The van der Waals surface area contributed by atoms with Crippen LogP contribution in [-0.2, 0) is 36.0 Å². The van der Waals surface area contributed by atoms with Gasteiger partial charge in [0.05, 0.1) is 12.2 Å². The van der Waals surface area contributed by atoms with Crippen LogP contribution in [0.15, 0.2) is 127 Å². The molecule has 0 bridgehead atoms. The molecule has 1 aliphatic carbocycles. The summed E-state index contributed by atoms with van der Waals surface area (Å²) < 4.78 is 20.6. The SMILES string of the molecule is CN(C(=O)C1=C[C@H]2OC(c3ccccc3)(c3ccccc3)O[C@H]2[C@H](OC(=O)c2ccccc2I)C1)[C@H](Cc1ccccc1)C(=O)NCCO. The van der Waals surface area contributed by atoms with Crippen molar-refractivity contribution in [2.75, 3.05) is 20.2 Å². The second-order valence-electron chi connectivity index (χ2n) is 12.0. The summed E-state index contributed by atoms with van der Waals surface area (Å²) in [4.78, 5) is 42.7. The van der Waals surface area contributed by atoms with Gasteiger partial charge >= 0.3 is 5.97 Å². The van der Waals surface area contributed by atoms with Gasteiger partial charge in [-0.25, -0.2) is 4.79 Å². The standard InChI is InChI=1S/C39H37IN2O7/c1-42(32(36(44)41-21-22-43)23-26-13-5-2-6-14-26)37(45)27-24-33(47-38(46)30-19-11-12-20-31(30)40)35-34(25-27)48-39(49-35,28-15-7-3-8-16-28)29-17-9-4-10-18-29/h2-20,25,32-35,43H,21-24H2,1H3,(H,41,44)/t32-,33-,34-,35+/m1/s1. The van der Waals surface area contributed by atoms with Gasteiger partial charge in [0.25, 0.3) is 0 Å². The van der Waals surface area contributed by atoms with E-state index in [0.717, 1.165) is 20.3 Å². The van der Waals surface area contributed by atoms with Crippen molar-refractivity contribution < 1.29 is 33.7 Å². The van der Waals surface area contributed by atoms with Crippen molar-refractivity contribution in [3.63, 3.8) is 0 Å². The first-order chi connectivity index (χ1) is 23.8. The van der Waals surface area contributed by atoms with Crippen LogP contribution in [0.1, 0.15) is 33.5 Å². The van der Waals surface area contributed by atoms with E-state index in [9.17, 15) is 19.5 Å². The average molecular weight is 773 g/mol. The van der Waals surface area contributed by atoms with Gasteiger partial charge in [-0.05, 0) is 46.4 Å². The lowest BCUT2D eigenvalue weighted by Gasteiger charge is -2.33. The predicted molar refractivity (Wildman–Crippen MR) is 191 cm³/mol. The number of benzene rings is 4. The van der Waals surface area contributed by atoms with E-state index in [-0.39, 0.29) is 26.0 Å². The minimum absolute atomic E-state index is 0.0405. The normalized spacial score (nSPS) is 20.0. The largest absolute Gasteiger partial charge is 0.455 e. The van der Waals surface area contributed by atoms with Crippen LogP contribution in [0.25, 0.3) is 0 Å². The highest BCUT2D eigenvalue weighted by molar-refractivity contribution is 14.1. The van der Waals surface area contributed by atoms with Crippen LogP contribution >= 0.6 is 22.6 Å². The van der Waals surface area contributed by atoms with Crippen LogP contribution in [0.3, 0.4) is 0 Å². The number of rotatable bonds is 11. The number of aliphatic hydroxyl groups is 1. The Morgan fingerprint density at radius 2 is 1.49 bits per heavy atom. The lowest BCUT2D eigenvalue weighted by atomic mass is 9.90. The number of nitrogens with zero attached hydrogens (tertiary/aromatic N) is 1. The molecule has 1 fully saturated rings. The molecule has 0 spiro atoms. The van der Waals surface area contributed by atoms with Crippen LogP contribution in [0.4, 0.5) is 0 Å². The number of hydrogen-bond acceptors (Lipinski definition) is 7. The molecule has 0 aromatic heterocycles. The molecule has 10 heteroatoms. The molecule has 2 aliphatic rings. The summed E-state index contributed by atoms with van der Waals surface area (Å²) in [7, 11) is 1.58. The summed E-state index contributed by atoms with van der Waals surface area (Å²) in [6, 6.07) is 34.8. The Bertz CT molecular complexity index is 1760. The van der Waals surface area contributed by atoms with Gasteiger partial charge in [-0.3, -0.25) is 9.59 Å². The number of amides is 2. The highest BCUT2D eigenvalue weighted by atomic mass is 127. The van der Waals surface area contributed by atoms with E-state index in [1.165, 1.54) is 4.90 Å². The molecule has 2 amide bonds. The molecule has 1 saturated heterocycles. The second-order valence-corrected chi connectivity index (χ2v) is 13.1. The van der Waals surface area contributed by atoms with Gasteiger partial charge < -0.3 is 29.5 Å². The predicted octanol–water partition coefficient (Wildman–Crippen LogP) is 5.01. The van der Waals surface area contributed by atoms with Gasteiger partial charge in [0.15, 0.2) is 0 Å². The Labute approximate surface area is 299 Å². The first-order valence-corrected chi connectivity index (χ1v) is 17.2. The monoisotopic (exact) mass is 772 g/mol. The Morgan fingerprint density at radius 1 is 0.898 bits per heavy atom. The van der Waals surface area contributed by atoms with Crippen molar-refractivity contribution in [1.82, 2.24) is 10.2 Å². The van der Waals surface area contributed by atoms with Crippen molar-refractivity contribution >= 4 is 40.4 Å². The molecule has 4 atom stereocenters. The van der Waals surface area contributed by atoms with Gasteiger partial charge in [0, 0.05) is 46.7 Å². The average Bonchev–Trinajstić information content (AvgIpc) is 3.55. The number of nitrogens with one attached hydrogen (secondary N) is 1. The zero-order valence-corrected chi connectivity index (χ0v) is 29.1. The topological polar surface area (TPSA) is 114 Å². The van der Waals surface area contributed by atoms with E-state index >= 15 is 0 Å². The molecule has 6 rings (SSSR count). The number of carbonyl (C=O) groups excluding carboxylic acids is 3. The molecule has 4 aromatic carbocycles. The molecule has 2 N–H and O–H groups in total. The lowest BCUT2D eigenvalue weighted by Crippen LogP contribution is -2.51. The molecule has 0 saturated carbocycles. The molecule has 0 radical (unpaired) electrons. The third-order valence-corrected chi connectivity index (χ3v) is 9.73. The van der Waals surface area contributed by atoms with E-state index in [1.807, 2.05) is 103 Å². The van der Waals surface area contributed by atoms with Crippen LogP contribution in [0, 0.1) is 3.57 Å². The molecular weight excluding hydrogens is 735 g/mol. The summed E-state index contributed by atoms with van der Waals surface area (Å²) in [5.41, 5.74) is 3.11. The van der Waals surface area contributed by atoms with Crippen molar-refractivity contribution in [1.29, 1.82) is 0 Å². The number of aliphatic hydroxyl groups excluding tert-OH is 1. The van der Waals surface area contributed by atoms with Gasteiger partial charge in [0.1, 0.15) is 24.4 Å². The third kappa shape index (κ3) is 7.47. The molecule has 252 valence electrons. The number of halogens is 1. The van der Waals surface area contributed by atoms with E-state index in [1.54, 1.807) is 25.3 Å². The van der Waals surface area contributed by atoms with Crippen molar-refractivity contribution in [2.24, 2.45) is 0 Å². The molecule has 9 nitrogen and oxygen atoms in total. The summed E-state index contributed by atoms with van der Waals surface area (Å²) in [6.07, 6.45) is -0.381. The number of fused-ring (bicyclic) bond motifs is 1. The second kappa shape index (κ2) is 15.5. The summed E-state index contributed by atoms with van der Waals surface area (Å²) in [6.45, 7) is -0.174. The van der Waals surface area contributed by atoms with E-state index in [0.29, 0.717) is 11.1 Å². The van der Waals surface area contributed by atoms with E-state index < -0.39 is 47.9 Å². The zero-order chi connectivity index (χ0) is 34.4. The molecule has 49 heavy (non-hydrogen) atoms. The van der Waals surface area contributed by atoms with Crippen LogP contribution in [0.2, 0.25) is 0 Å². The number of ether oxygens (including phenoxy) is 3. The summed E-state index contributed by atoms with van der Waals surface area (Å²) >= 11 is 2.09. The Hall–Kier alpha value is -4.36. The minimum atomic E-state index is -1.34. The maximum atomic E-state index is 14.3. The van der Waals surface area contributed by atoms with Gasteiger partial charge in [-0.2, -0.15) is 0 Å². The molecular formula is C39H37IN2O7. The van der Waals surface area contributed by atoms with E-state index in [2.05, 4.69) is 27.9 Å². The Kier molecular flexibility index (Phi) is 10.9. The smallest absolute Gasteiger partial charge is 0.339 e. The van der Waals surface area contributed by atoms with Gasteiger partial charge in [0.2, 0.25) is 17.6 Å². The fourth-order valence-electron chi connectivity index (χ4n) is 6.32. The van der Waals surface area contributed by atoms with Gasteiger partial charge in [-0.1, -0.05) is 103 Å². The third-order valence-electron chi connectivity index (χ3n) is 8.79. The number of carbonyl (C=O) groups is 3. The first kappa shape index (κ1) is 34.5. The Balaban J connectivity index is 1.37. The summed E-state index contributed by atoms with van der Waals surface area (Å²) in [5.74, 6) is -2.68. The van der Waals surface area contributed by atoms with Crippen molar-refractivity contribution in [3.8, 4) is 0 Å².